The molecule has 12 aromatic heterocycles. The van der Waals surface area contributed by atoms with E-state index >= 15 is 0 Å². The van der Waals surface area contributed by atoms with Gasteiger partial charge in [-0.25, -0.2) is 76.7 Å². The van der Waals surface area contributed by atoms with E-state index in [1.807, 2.05) is 218 Å². The summed E-state index contributed by atoms with van der Waals surface area (Å²) in [6.45, 7) is 29.9. The number of rotatable bonds is 23. The summed E-state index contributed by atoms with van der Waals surface area (Å²) < 4.78 is 40.5. The predicted octanol–water partition coefficient (Wildman–Crippen LogP) is 12.2. The number of fused-ring (bicyclic) bond motifs is 4. The zero-order chi connectivity index (χ0) is 94.1. The molecule has 4 aromatic carbocycles. The van der Waals surface area contributed by atoms with Crippen LogP contribution in [-0.4, -0.2) is 191 Å². The van der Waals surface area contributed by atoms with Gasteiger partial charge in [-0.2, -0.15) is 20.4 Å². The fourth-order valence-electron chi connectivity index (χ4n) is 15.5. The zero-order valence-corrected chi connectivity index (χ0v) is 77.1. The molecule has 0 saturated carbocycles. The molecule has 0 spiro atoms. The molecule has 133 heavy (non-hydrogen) atoms. The van der Waals surface area contributed by atoms with Crippen molar-refractivity contribution in [2.75, 3.05) is 98.3 Å². The van der Waals surface area contributed by atoms with Crippen molar-refractivity contribution in [3.8, 4) is 45.0 Å². The zero-order valence-electron chi connectivity index (χ0n) is 76.3. The van der Waals surface area contributed by atoms with Gasteiger partial charge in [-0.15, -0.1) is 0 Å². The van der Waals surface area contributed by atoms with Crippen LogP contribution in [0, 0.1) is 27.7 Å². The van der Waals surface area contributed by atoms with E-state index in [0.29, 0.717) is 129 Å². The summed E-state index contributed by atoms with van der Waals surface area (Å²) in [4.78, 5) is 94.1. The number of pyridine rings is 4. The van der Waals surface area contributed by atoms with E-state index in [4.69, 9.17) is 48.1 Å². The minimum absolute atomic E-state index is 0.0389. The number of benzene rings is 4. The number of nitrogens with two attached hydrogens (primary N) is 4. The van der Waals surface area contributed by atoms with Gasteiger partial charge >= 0.3 is 0 Å². The molecular formula is C96H108N30O6S. The number of nitrogens with one attached hydrogen (secondary N) is 4. The van der Waals surface area contributed by atoms with Crippen LogP contribution in [0.25, 0.3) is 89.2 Å². The van der Waals surface area contributed by atoms with Crippen LogP contribution in [0.15, 0.2) is 213 Å². The van der Waals surface area contributed by atoms with E-state index in [1.54, 1.807) is 53.7 Å². The monoisotopic (exact) mass is 1810 g/mol. The maximum Gasteiger partial charge on any atom is 0.270 e. The van der Waals surface area contributed by atoms with Gasteiger partial charge in [-0.3, -0.25) is 29.3 Å². The Morgan fingerprint density at radius 2 is 0.699 bits per heavy atom. The van der Waals surface area contributed by atoms with E-state index in [2.05, 4.69) is 90.3 Å². The number of sulfonamides is 1. The number of aromatic nitrogens is 20. The number of nitrogen functional groups attached to an aromatic ring is 4. The Morgan fingerprint density at radius 1 is 0.368 bits per heavy atom. The van der Waals surface area contributed by atoms with Gasteiger partial charge in [0.05, 0.1) is 56.9 Å². The van der Waals surface area contributed by atoms with Crippen LogP contribution in [0.5, 0.6) is 0 Å². The number of piperidine rings is 1. The second-order valence-electron chi connectivity index (χ2n) is 35.3. The lowest BCUT2D eigenvalue weighted by Gasteiger charge is -2.29. The average Bonchev–Trinajstić information content (AvgIpc) is 1.62. The number of amides is 3. The van der Waals surface area contributed by atoms with E-state index < -0.39 is 32.2 Å². The predicted molar refractivity (Wildman–Crippen MR) is 515 cm³/mol. The Hall–Kier alpha value is -15.2. The van der Waals surface area contributed by atoms with E-state index in [-0.39, 0.29) is 29.3 Å². The van der Waals surface area contributed by atoms with Crippen LogP contribution in [-0.2, 0) is 36.9 Å². The fraction of sp³-hybridized carbons (Fsp3) is 0.302. The Labute approximate surface area is 769 Å². The molecule has 2 aliphatic rings. The first-order valence-corrected chi connectivity index (χ1v) is 45.1. The number of nitrogens with zero attached hydrogens (tertiary/aromatic N) is 22. The molecule has 2 aliphatic heterocycles. The lowest BCUT2D eigenvalue weighted by atomic mass is 10.1. The first-order chi connectivity index (χ1) is 63.7. The van der Waals surface area contributed by atoms with Gasteiger partial charge in [-0.05, 0) is 151 Å². The third-order valence-electron chi connectivity index (χ3n) is 23.2. The smallest absolute Gasteiger partial charge is 0.270 e. The van der Waals surface area contributed by atoms with Crippen molar-refractivity contribution < 1.29 is 27.5 Å². The third kappa shape index (κ3) is 20.8. The molecule has 2 saturated heterocycles. The number of hydrogen-bond acceptors (Lipinski definition) is 28. The molecule has 2 fully saturated rings. The maximum absolute atomic E-state index is 13.1. The van der Waals surface area contributed by atoms with E-state index in [1.165, 1.54) is 56.8 Å². The second kappa shape index (κ2) is 39.2. The first kappa shape index (κ1) is 92.5. The summed E-state index contributed by atoms with van der Waals surface area (Å²) in [5, 5.41) is 31.2. The van der Waals surface area contributed by atoms with Gasteiger partial charge in [0, 0.05) is 123 Å². The molecule has 3 amide bonds. The molecule has 14 heterocycles. The molecule has 16 aromatic rings. The average molecular weight is 1810 g/mol. The Morgan fingerprint density at radius 3 is 1.04 bits per heavy atom. The minimum Gasteiger partial charge on any atom is -0.383 e. The summed E-state index contributed by atoms with van der Waals surface area (Å²) in [5.74, 6) is 0.796. The third-order valence-corrected chi connectivity index (χ3v) is 24.5. The van der Waals surface area contributed by atoms with Gasteiger partial charge in [0.15, 0.2) is 27.6 Å². The molecule has 12 N–H and O–H groups in total. The Kier molecular flexibility index (Phi) is 27.3. The Bertz CT molecular complexity index is 6760. The second-order valence-corrected chi connectivity index (χ2v) is 37.0. The topological polar surface area (TPSA) is 479 Å². The molecule has 0 unspecified atom stereocenters. The summed E-state index contributed by atoms with van der Waals surface area (Å²) in [6, 6.07) is 47.8. The molecule has 684 valence electrons. The van der Waals surface area contributed by atoms with Crippen molar-refractivity contribution in [3.63, 3.8) is 0 Å². The molecule has 0 radical (unpaired) electrons. The molecule has 18 rings (SSSR count). The SMILES string of the molecule is Cc1ccc(-c2nn(C(C)(C)CNC(=O)c3cc(N4CCCCC4)ccn3)c3ncnc(N)c23)cc1.Cc1ccc(-c2nn(C(C)(C)CNC(=O)c3cc(N4CCOCC4)ccn3)c3ncnc(N)c23)cc1.Cc1ccc(-c2nn(C(C)(C)CNC(=O)c3ccncc3)c3ncnc(N)c23)cc1.Cc1ccc(-c2nn(C(C)(C)CNS(=O)(=O)c3ccccn3)c3ncnc(N)c23)cc1. The molecule has 36 nitrogen and oxygen atoms in total. The van der Waals surface area contributed by atoms with E-state index in [0.717, 1.165) is 93.4 Å². The van der Waals surface area contributed by atoms with Crippen molar-refractivity contribution >= 4 is 107 Å². The number of hydrogen-bond donors (Lipinski definition) is 8. The number of carbonyl (C=O) groups is 3. The number of anilines is 6. The van der Waals surface area contributed by atoms with Crippen LogP contribution in [0.2, 0.25) is 0 Å². The normalized spacial score (nSPS) is 13.2. The highest BCUT2D eigenvalue weighted by molar-refractivity contribution is 7.89. The van der Waals surface area contributed by atoms with Gasteiger partial charge in [-0.1, -0.05) is 125 Å². The molecule has 0 aliphatic carbocycles. The highest BCUT2D eigenvalue weighted by atomic mass is 32.2. The van der Waals surface area contributed by atoms with Crippen molar-refractivity contribution in [2.45, 2.75) is 130 Å². The first-order valence-electron chi connectivity index (χ1n) is 43.6. The lowest BCUT2D eigenvalue weighted by Crippen LogP contribution is -2.42. The maximum atomic E-state index is 13.1. The number of aryl methyl sites for hydroxylation is 4. The van der Waals surface area contributed by atoms with Gasteiger partial charge in [0.25, 0.3) is 27.7 Å². The van der Waals surface area contributed by atoms with Gasteiger partial charge in [0.2, 0.25) is 0 Å². The van der Waals surface area contributed by atoms with Gasteiger partial charge in [0.1, 0.15) is 82.7 Å². The van der Waals surface area contributed by atoms with Crippen molar-refractivity contribution in [1.29, 1.82) is 0 Å². The molecule has 0 atom stereocenters. The quantitative estimate of drug-likeness (QED) is 0.0295. The van der Waals surface area contributed by atoms with E-state index in [9.17, 15) is 22.8 Å². The van der Waals surface area contributed by atoms with Crippen LogP contribution >= 0.6 is 0 Å². The highest BCUT2D eigenvalue weighted by Crippen LogP contribution is 2.39. The minimum atomic E-state index is -3.77. The molecule has 0 bridgehead atoms. The Balaban J connectivity index is 0.000000136. The highest BCUT2D eigenvalue weighted by Gasteiger charge is 2.35. The van der Waals surface area contributed by atoms with Crippen molar-refractivity contribution in [1.82, 2.24) is 120 Å². The number of ether oxygens (including phenoxy) is 1. The summed E-state index contributed by atoms with van der Waals surface area (Å²) >= 11 is 0. The summed E-state index contributed by atoms with van der Waals surface area (Å²) in [5.41, 5.74) is 39.2. The summed E-state index contributed by atoms with van der Waals surface area (Å²) in [7, 11) is -3.77. The van der Waals surface area contributed by atoms with Crippen LogP contribution in [0.3, 0.4) is 0 Å². The number of carbonyl (C=O) groups excluding carboxylic acids is 3. The summed E-state index contributed by atoms with van der Waals surface area (Å²) in [6.07, 6.45) is 17.3. The molecular weight excluding hydrogens is 1700 g/mol. The fourth-order valence-corrected chi connectivity index (χ4v) is 16.7. The lowest BCUT2D eigenvalue weighted by molar-refractivity contribution is 0.0924. The number of morpholine rings is 1. The van der Waals surface area contributed by atoms with Crippen molar-refractivity contribution in [2.24, 2.45) is 0 Å². The standard InChI is InChI=1S/C27H32N8O.C26H30N8O2.C22H23N7O.C21H23N7O2S/c1-18-7-9-19(10-8-18)23-22-24(28)31-17-32-25(22)35(33-23)27(2,3)16-30-26(36)21-15-20(11-12-29-21)34-13-5-4-6-14-34;1-17-4-6-18(7-5-17)22-21-23(27)30-16-31-24(21)34(32-22)26(2,3)15-29-25(35)20-14-19(8-9-28-20)33-10-12-36-13-11-33;1-14-4-6-15(7-5-14)18-17-19(23)26-13-27-20(17)29(28-18)22(2,3)12-25-21(30)16-8-10-24-11-9-16;1-14-7-9-15(10-8-14)18-17-19(22)24-13-25-20(17)28(27-18)21(2,3)12-26-31(29,30)16-6-4-5-11-23-16/h7-12,15,17H,4-6,13-14,16H2,1-3H3,(H,30,36)(H2,28,31,32);4-9,14,16H,10-13,15H2,1-3H3,(H,29,35)(H2,27,30,31);4-11,13H,12H2,1-3H3,(H,25,30)(H2,23,26,27);4-11,13,26H,12H2,1-3H3,(H2,22,24,25). The van der Waals surface area contributed by atoms with Crippen LogP contribution < -0.4 is 53.4 Å². The van der Waals surface area contributed by atoms with Gasteiger partial charge < -0.3 is 53.4 Å². The van der Waals surface area contributed by atoms with Crippen LogP contribution in [0.1, 0.15) is 128 Å². The van der Waals surface area contributed by atoms with Crippen molar-refractivity contribution in [3.05, 3.63) is 247 Å². The van der Waals surface area contributed by atoms with Crippen LogP contribution in [0.4, 0.5) is 34.6 Å². The largest absolute Gasteiger partial charge is 0.383 e. The molecule has 37 heteroatoms.